The Morgan fingerprint density at radius 1 is 1.17 bits per heavy atom. The van der Waals surface area contributed by atoms with Gasteiger partial charge >= 0.3 is 0 Å². The lowest BCUT2D eigenvalue weighted by molar-refractivity contribution is 0.0824. The molecule has 5 heteroatoms. The van der Waals surface area contributed by atoms with Crippen molar-refractivity contribution in [2.24, 2.45) is 0 Å². The molecule has 120 valence electrons. The first-order valence-electron chi connectivity index (χ1n) is 7.62. The first kappa shape index (κ1) is 15.5. The molecule has 5 nitrogen and oxygen atoms in total. The van der Waals surface area contributed by atoms with Crippen molar-refractivity contribution in [3.05, 3.63) is 47.5 Å². The molecule has 1 aromatic heterocycles. The molecule has 0 radical (unpaired) electrons. The highest BCUT2D eigenvalue weighted by Crippen LogP contribution is 2.28. The Bertz CT molecular complexity index is 855. The van der Waals surface area contributed by atoms with Crippen molar-refractivity contribution in [3.63, 3.8) is 0 Å². The fraction of sp³-hybridized carbons (Fsp3) is 0.278. The van der Waals surface area contributed by atoms with Gasteiger partial charge in [0.05, 0.1) is 30.3 Å². The van der Waals surface area contributed by atoms with Gasteiger partial charge in [-0.15, -0.1) is 0 Å². The van der Waals surface area contributed by atoms with E-state index in [1.54, 1.807) is 0 Å². The number of hydrogen-bond donors (Lipinski definition) is 3. The van der Waals surface area contributed by atoms with E-state index in [2.05, 4.69) is 19.9 Å². The molecule has 0 aliphatic heterocycles. The number of aliphatic hydroxyl groups is 2. The number of rotatable bonds is 4. The molecule has 4 N–H and O–H groups in total. The highest BCUT2D eigenvalue weighted by atomic mass is 16.3. The van der Waals surface area contributed by atoms with E-state index >= 15 is 0 Å². The highest BCUT2D eigenvalue weighted by molar-refractivity contribution is 5.82. The number of anilines is 1. The third-order valence-corrected chi connectivity index (χ3v) is 4.11. The van der Waals surface area contributed by atoms with Gasteiger partial charge in [0.1, 0.15) is 5.82 Å². The first-order chi connectivity index (χ1) is 11.0. The predicted octanol–water partition coefficient (Wildman–Crippen LogP) is 2.26. The predicted molar refractivity (Wildman–Crippen MR) is 92.1 cm³/mol. The number of hydrogen-bond acceptors (Lipinski definition) is 4. The SMILES string of the molecule is Cc1cc2nc(-c3cccc(N)c3)n(CC(O)CO)c2cc1C. The van der Waals surface area contributed by atoms with Crippen LogP contribution in [0.2, 0.25) is 0 Å². The van der Waals surface area contributed by atoms with Gasteiger partial charge in [0.2, 0.25) is 0 Å². The molecule has 0 amide bonds. The number of aliphatic hydroxyl groups excluding tert-OH is 2. The molecule has 0 saturated carbocycles. The van der Waals surface area contributed by atoms with Crippen molar-refractivity contribution in [2.45, 2.75) is 26.5 Å². The van der Waals surface area contributed by atoms with Crippen molar-refractivity contribution >= 4 is 16.7 Å². The molecule has 0 aliphatic carbocycles. The minimum absolute atomic E-state index is 0.277. The Labute approximate surface area is 135 Å². The summed E-state index contributed by atoms with van der Waals surface area (Å²) in [5.41, 5.74) is 11.6. The molecule has 3 rings (SSSR count). The largest absolute Gasteiger partial charge is 0.399 e. The maximum absolute atomic E-state index is 9.92. The average Bonchev–Trinajstić information content (AvgIpc) is 2.85. The molecule has 0 aliphatic rings. The summed E-state index contributed by atoms with van der Waals surface area (Å²) in [5, 5.41) is 19.1. The maximum Gasteiger partial charge on any atom is 0.141 e. The minimum atomic E-state index is -0.839. The summed E-state index contributed by atoms with van der Waals surface area (Å²) in [6, 6.07) is 11.6. The van der Waals surface area contributed by atoms with E-state index in [9.17, 15) is 10.2 Å². The van der Waals surface area contributed by atoms with Crippen molar-refractivity contribution in [1.29, 1.82) is 0 Å². The van der Waals surface area contributed by atoms with Gasteiger partial charge in [-0.2, -0.15) is 0 Å². The van der Waals surface area contributed by atoms with E-state index < -0.39 is 6.10 Å². The smallest absolute Gasteiger partial charge is 0.141 e. The van der Waals surface area contributed by atoms with E-state index in [1.807, 2.05) is 34.9 Å². The van der Waals surface area contributed by atoms with E-state index in [0.29, 0.717) is 5.69 Å². The zero-order valence-corrected chi connectivity index (χ0v) is 13.3. The van der Waals surface area contributed by atoms with Crippen LogP contribution in [-0.4, -0.2) is 32.5 Å². The standard InChI is InChI=1S/C18H21N3O2/c1-11-6-16-17(7-12(11)2)21(9-15(23)10-22)18(20-16)13-4-3-5-14(19)8-13/h3-8,15,22-23H,9-10,19H2,1-2H3. The Morgan fingerprint density at radius 3 is 2.61 bits per heavy atom. The van der Waals surface area contributed by atoms with Crippen LogP contribution in [0.4, 0.5) is 5.69 Å². The average molecular weight is 311 g/mol. The molecule has 1 atom stereocenters. The maximum atomic E-state index is 9.92. The van der Waals surface area contributed by atoms with Crippen molar-refractivity contribution in [3.8, 4) is 11.4 Å². The summed E-state index contributed by atoms with van der Waals surface area (Å²) < 4.78 is 1.94. The van der Waals surface area contributed by atoms with Gasteiger partial charge in [-0.05, 0) is 49.2 Å². The van der Waals surface area contributed by atoms with Gasteiger partial charge in [-0.1, -0.05) is 12.1 Å². The molecule has 2 aromatic carbocycles. The number of nitrogens with zero attached hydrogens (tertiary/aromatic N) is 2. The van der Waals surface area contributed by atoms with Gasteiger partial charge in [0.25, 0.3) is 0 Å². The molecule has 0 spiro atoms. The first-order valence-corrected chi connectivity index (χ1v) is 7.62. The van der Waals surface area contributed by atoms with Gasteiger partial charge < -0.3 is 20.5 Å². The van der Waals surface area contributed by atoms with E-state index in [4.69, 9.17) is 10.7 Å². The molecule has 0 bridgehead atoms. The lowest BCUT2D eigenvalue weighted by atomic mass is 10.1. The number of aryl methyl sites for hydroxylation is 2. The second-order valence-electron chi connectivity index (χ2n) is 5.93. The lowest BCUT2D eigenvalue weighted by Crippen LogP contribution is -2.20. The third-order valence-electron chi connectivity index (χ3n) is 4.11. The number of aromatic nitrogens is 2. The number of fused-ring (bicyclic) bond motifs is 1. The fourth-order valence-corrected chi connectivity index (χ4v) is 2.73. The summed E-state index contributed by atoms with van der Waals surface area (Å²) in [5.74, 6) is 0.741. The Morgan fingerprint density at radius 2 is 1.91 bits per heavy atom. The van der Waals surface area contributed by atoms with Crippen LogP contribution in [0.1, 0.15) is 11.1 Å². The Hall–Kier alpha value is -2.37. The molecular weight excluding hydrogens is 290 g/mol. The van der Waals surface area contributed by atoms with Crippen LogP contribution in [-0.2, 0) is 6.54 Å². The number of imidazole rings is 1. The number of nitrogen functional groups attached to an aromatic ring is 1. The molecular formula is C18H21N3O2. The van der Waals surface area contributed by atoms with Crippen LogP contribution in [0.15, 0.2) is 36.4 Å². The summed E-state index contributed by atoms with van der Waals surface area (Å²) in [6.45, 7) is 4.09. The lowest BCUT2D eigenvalue weighted by Gasteiger charge is -2.13. The topological polar surface area (TPSA) is 84.3 Å². The van der Waals surface area contributed by atoms with Crippen LogP contribution in [0, 0.1) is 13.8 Å². The summed E-state index contributed by atoms with van der Waals surface area (Å²) in [6.07, 6.45) is -0.839. The van der Waals surface area contributed by atoms with Gasteiger partial charge in [0.15, 0.2) is 0 Å². The molecule has 0 fully saturated rings. The summed E-state index contributed by atoms with van der Waals surface area (Å²) in [7, 11) is 0. The Balaban J connectivity index is 2.24. The highest BCUT2D eigenvalue weighted by Gasteiger charge is 2.16. The van der Waals surface area contributed by atoms with Gasteiger partial charge in [-0.3, -0.25) is 0 Å². The minimum Gasteiger partial charge on any atom is -0.399 e. The molecule has 1 unspecified atom stereocenters. The van der Waals surface area contributed by atoms with Crippen LogP contribution < -0.4 is 5.73 Å². The van der Waals surface area contributed by atoms with Crippen LogP contribution >= 0.6 is 0 Å². The van der Waals surface area contributed by atoms with Crippen LogP contribution in [0.3, 0.4) is 0 Å². The Kier molecular flexibility index (Phi) is 4.07. The van der Waals surface area contributed by atoms with Gasteiger partial charge in [0, 0.05) is 11.3 Å². The number of nitrogens with two attached hydrogens (primary N) is 1. The number of benzene rings is 2. The van der Waals surface area contributed by atoms with Crippen LogP contribution in [0.5, 0.6) is 0 Å². The van der Waals surface area contributed by atoms with E-state index in [-0.39, 0.29) is 13.2 Å². The zero-order valence-electron chi connectivity index (χ0n) is 13.3. The fourth-order valence-electron chi connectivity index (χ4n) is 2.73. The quantitative estimate of drug-likeness (QED) is 0.645. The van der Waals surface area contributed by atoms with Crippen molar-refractivity contribution < 1.29 is 10.2 Å². The van der Waals surface area contributed by atoms with E-state index in [0.717, 1.165) is 28.0 Å². The molecule has 23 heavy (non-hydrogen) atoms. The zero-order chi connectivity index (χ0) is 16.6. The third kappa shape index (κ3) is 2.93. The summed E-state index contributed by atoms with van der Waals surface area (Å²) >= 11 is 0. The van der Waals surface area contributed by atoms with Gasteiger partial charge in [-0.25, -0.2) is 4.98 Å². The van der Waals surface area contributed by atoms with Crippen molar-refractivity contribution in [2.75, 3.05) is 12.3 Å². The second kappa shape index (κ2) is 6.02. The van der Waals surface area contributed by atoms with Crippen molar-refractivity contribution in [1.82, 2.24) is 9.55 Å². The molecule has 0 saturated heterocycles. The molecule has 3 aromatic rings. The monoisotopic (exact) mass is 311 g/mol. The summed E-state index contributed by atoms with van der Waals surface area (Å²) in [4.78, 5) is 4.73. The normalized spacial score (nSPS) is 12.7. The van der Waals surface area contributed by atoms with Crippen LogP contribution in [0.25, 0.3) is 22.4 Å². The second-order valence-corrected chi connectivity index (χ2v) is 5.93. The molecule has 1 heterocycles. The van der Waals surface area contributed by atoms with E-state index in [1.165, 1.54) is 5.56 Å².